The maximum absolute atomic E-state index is 14.0. The van der Waals surface area contributed by atoms with Gasteiger partial charge in [0, 0.05) is 31.2 Å². The van der Waals surface area contributed by atoms with Gasteiger partial charge in [0.05, 0.1) is 5.56 Å². The summed E-state index contributed by atoms with van der Waals surface area (Å²) in [7, 11) is 1.47. The number of rotatable bonds is 3. The number of amides is 2. The van der Waals surface area contributed by atoms with Crippen molar-refractivity contribution < 1.29 is 32.3 Å². The van der Waals surface area contributed by atoms with Crippen molar-refractivity contribution in [3.05, 3.63) is 34.6 Å². The number of nitrogens with zero attached hydrogens (tertiary/aromatic N) is 2. The summed E-state index contributed by atoms with van der Waals surface area (Å²) in [5.74, 6) is -3.17. The van der Waals surface area contributed by atoms with Gasteiger partial charge in [0.2, 0.25) is 5.60 Å². The lowest BCUT2D eigenvalue weighted by atomic mass is 9.90. The minimum Gasteiger partial charge on any atom is -0.373 e. The van der Waals surface area contributed by atoms with E-state index in [2.05, 4.69) is 0 Å². The Morgan fingerprint density at radius 2 is 1.93 bits per heavy atom. The molecule has 5 nitrogen and oxygen atoms in total. The maximum Gasteiger partial charge on any atom is 0.426 e. The number of hydrogen-bond acceptors (Lipinski definition) is 3. The molecule has 10 heteroatoms. The number of carbonyl (C=O) groups is 2. The van der Waals surface area contributed by atoms with E-state index in [1.807, 2.05) is 0 Å². The fourth-order valence-corrected chi connectivity index (χ4v) is 3.48. The van der Waals surface area contributed by atoms with Crippen molar-refractivity contribution >= 4 is 23.4 Å². The first-order valence-electron chi connectivity index (χ1n) is 8.58. The van der Waals surface area contributed by atoms with Crippen molar-refractivity contribution in [2.24, 2.45) is 5.92 Å². The van der Waals surface area contributed by atoms with E-state index in [1.54, 1.807) is 6.92 Å². The number of alkyl halides is 3. The molecule has 1 fully saturated rings. The maximum atomic E-state index is 14.0. The molecule has 0 aliphatic carbocycles. The van der Waals surface area contributed by atoms with Gasteiger partial charge in [-0.2, -0.15) is 13.2 Å². The fraction of sp³-hybridized carbons (Fsp3) is 0.556. The summed E-state index contributed by atoms with van der Waals surface area (Å²) < 4.78 is 52.7. The van der Waals surface area contributed by atoms with Crippen LogP contribution in [0.15, 0.2) is 18.2 Å². The van der Waals surface area contributed by atoms with E-state index in [-0.39, 0.29) is 36.0 Å². The molecule has 1 aliphatic rings. The van der Waals surface area contributed by atoms with Gasteiger partial charge < -0.3 is 14.9 Å². The molecule has 1 N–H and O–H groups in total. The van der Waals surface area contributed by atoms with Crippen LogP contribution in [0.2, 0.25) is 5.02 Å². The normalized spacial score (nSPS) is 22.5. The van der Waals surface area contributed by atoms with Crippen LogP contribution in [-0.4, -0.2) is 64.7 Å². The monoisotopic (exact) mass is 424 g/mol. The molecule has 1 saturated heterocycles. The van der Waals surface area contributed by atoms with Gasteiger partial charge in [-0.3, -0.25) is 9.59 Å². The predicted octanol–water partition coefficient (Wildman–Crippen LogP) is 3.10. The van der Waals surface area contributed by atoms with Crippen LogP contribution in [-0.2, 0) is 4.79 Å². The first kappa shape index (κ1) is 22.4. The molecule has 2 rings (SSSR count). The summed E-state index contributed by atoms with van der Waals surface area (Å²) in [4.78, 5) is 27.0. The molecule has 3 atom stereocenters. The van der Waals surface area contributed by atoms with Crippen molar-refractivity contribution in [1.29, 1.82) is 0 Å². The Hall–Kier alpha value is -1.87. The topological polar surface area (TPSA) is 60.9 Å². The van der Waals surface area contributed by atoms with Crippen LogP contribution in [0.1, 0.15) is 30.6 Å². The third-order valence-corrected chi connectivity index (χ3v) is 5.33. The second-order valence-corrected chi connectivity index (χ2v) is 7.63. The van der Waals surface area contributed by atoms with Crippen molar-refractivity contribution in [3.63, 3.8) is 0 Å². The molecule has 1 aromatic rings. The van der Waals surface area contributed by atoms with Crippen molar-refractivity contribution in [3.8, 4) is 0 Å². The Bertz CT molecular complexity index is 770. The van der Waals surface area contributed by atoms with Gasteiger partial charge in [-0.25, -0.2) is 4.39 Å². The Morgan fingerprint density at radius 1 is 1.32 bits per heavy atom. The van der Waals surface area contributed by atoms with Gasteiger partial charge >= 0.3 is 6.18 Å². The lowest BCUT2D eigenvalue weighted by Gasteiger charge is -2.43. The first-order valence-corrected chi connectivity index (χ1v) is 8.96. The molecule has 156 valence electrons. The van der Waals surface area contributed by atoms with Gasteiger partial charge in [0.25, 0.3) is 11.8 Å². The molecular formula is C18H21ClF4N2O3. The predicted molar refractivity (Wildman–Crippen MR) is 94.3 cm³/mol. The zero-order valence-corrected chi connectivity index (χ0v) is 16.3. The number of halogens is 5. The summed E-state index contributed by atoms with van der Waals surface area (Å²) >= 11 is 5.68. The molecule has 0 spiro atoms. The van der Waals surface area contributed by atoms with Crippen molar-refractivity contribution in [2.75, 3.05) is 20.1 Å². The molecular weight excluding hydrogens is 404 g/mol. The minimum absolute atomic E-state index is 0.0687. The molecule has 0 bridgehead atoms. The lowest BCUT2D eigenvalue weighted by molar-refractivity contribution is -0.251. The molecule has 0 radical (unpaired) electrons. The Balaban J connectivity index is 2.11. The van der Waals surface area contributed by atoms with Crippen LogP contribution in [0.5, 0.6) is 0 Å². The fourth-order valence-electron chi connectivity index (χ4n) is 3.33. The Labute approximate surface area is 164 Å². The highest BCUT2D eigenvalue weighted by atomic mass is 35.5. The van der Waals surface area contributed by atoms with E-state index >= 15 is 0 Å². The molecule has 2 amide bonds. The quantitative estimate of drug-likeness (QED) is 0.758. The van der Waals surface area contributed by atoms with E-state index in [0.717, 1.165) is 11.0 Å². The second kappa shape index (κ2) is 7.87. The van der Waals surface area contributed by atoms with Crippen LogP contribution in [0.25, 0.3) is 0 Å². The van der Waals surface area contributed by atoms with Crippen LogP contribution >= 0.6 is 11.6 Å². The number of carbonyl (C=O) groups excluding carboxylic acids is 2. The van der Waals surface area contributed by atoms with E-state index in [0.29, 0.717) is 6.92 Å². The van der Waals surface area contributed by atoms with Gasteiger partial charge in [-0.1, -0.05) is 18.5 Å². The van der Waals surface area contributed by atoms with E-state index in [1.165, 1.54) is 24.1 Å². The van der Waals surface area contributed by atoms with Crippen LogP contribution in [0.3, 0.4) is 0 Å². The van der Waals surface area contributed by atoms with E-state index in [9.17, 15) is 32.3 Å². The summed E-state index contributed by atoms with van der Waals surface area (Å²) in [5.41, 5.74) is -3.65. The molecule has 28 heavy (non-hydrogen) atoms. The zero-order valence-electron chi connectivity index (χ0n) is 15.6. The number of aliphatic hydroxyl groups is 1. The van der Waals surface area contributed by atoms with Gasteiger partial charge in [0.1, 0.15) is 5.82 Å². The van der Waals surface area contributed by atoms with E-state index < -0.39 is 35.5 Å². The smallest absolute Gasteiger partial charge is 0.373 e. The second-order valence-electron chi connectivity index (χ2n) is 7.19. The van der Waals surface area contributed by atoms with Gasteiger partial charge in [0.15, 0.2) is 0 Å². The zero-order chi connectivity index (χ0) is 21.4. The Kier molecular flexibility index (Phi) is 6.30. The highest BCUT2D eigenvalue weighted by Crippen LogP contribution is 2.33. The highest BCUT2D eigenvalue weighted by molar-refractivity contribution is 6.30. The molecule has 1 heterocycles. The van der Waals surface area contributed by atoms with Gasteiger partial charge in [-0.05, 0) is 37.5 Å². The summed E-state index contributed by atoms with van der Waals surface area (Å²) in [5, 5.41) is 9.74. The number of likely N-dealkylation sites (tertiary alicyclic amines) is 1. The third-order valence-electron chi connectivity index (χ3n) is 5.09. The summed E-state index contributed by atoms with van der Waals surface area (Å²) in [6.45, 7) is 1.96. The minimum atomic E-state index is -5.09. The lowest BCUT2D eigenvalue weighted by Crippen LogP contribution is -2.60. The highest BCUT2D eigenvalue weighted by Gasteiger charge is 2.57. The molecule has 0 unspecified atom stereocenters. The molecule has 0 aromatic heterocycles. The number of piperidine rings is 1. The van der Waals surface area contributed by atoms with Crippen molar-refractivity contribution in [2.45, 2.75) is 38.1 Å². The van der Waals surface area contributed by atoms with Gasteiger partial charge in [-0.15, -0.1) is 0 Å². The van der Waals surface area contributed by atoms with Crippen LogP contribution in [0, 0.1) is 11.7 Å². The molecule has 0 saturated carbocycles. The van der Waals surface area contributed by atoms with Crippen LogP contribution < -0.4 is 0 Å². The molecule has 1 aromatic carbocycles. The summed E-state index contributed by atoms with van der Waals surface area (Å²) in [6.07, 6.45) is -4.90. The number of hydrogen-bond donors (Lipinski definition) is 1. The third kappa shape index (κ3) is 4.25. The SMILES string of the molecule is C[C@@H]1CN(C(=O)[C@@](C)(O)C(F)(F)F)CC[C@@H]1N(C)C(=O)c1ccc(Cl)cc1F. The van der Waals surface area contributed by atoms with Crippen LogP contribution in [0.4, 0.5) is 17.6 Å². The van der Waals surface area contributed by atoms with Crippen molar-refractivity contribution in [1.82, 2.24) is 9.80 Å². The Morgan fingerprint density at radius 3 is 2.43 bits per heavy atom. The number of benzene rings is 1. The average Bonchev–Trinajstić information content (AvgIpc) is 2.58. The van der Waals surface area contributed by atoms with E-state index in [4.69, 9.17) is 11.6 Å². The average molecular weight is 425 g/mol. The standard InChI is InChI=1S/C18H21ClF4N2O3/c1-10-9-25(16(27)17(2,28)18(21,22)23)7-6-14(10)24(3)15(26)12-5-4-11(19)8-13(12)20/h4-5,8,10,14,28H,6-7,9H2,1-3H3/t10-,14+,17-/m1/s1. The summed E-state index contributed by atoms with van der Waals surface area (Å²) in [6, 6.07) is 3.25. The first-order chi connectivity index (χ1) is 12.8. The largest absolute Gasteiger partial charge is 0.426 e. The molecule has 1 aliphatic heterocycles.